The van der Waals surface area contributed by atoms with Crippen molar-refractivity contribution in [1.82, 2.24) is 0 Å². The molecule has 0 N–H and O–H groups in total. The van der Waals surface area contributed by atoms with Crippen LogP contribution in [0.4, 0.5) is 0 Å². The molecule has 0 spiro atoms. The van der Waals surface area contributed by atoms with Crippen LogP contribution in [0.1, 0.15) is 19.8 Å². The maximum Gasteiger partial charge on any atom is 0.500 e. The fourth-order valence-electron chi connectivity index (χ4n) is 2.15. The summed E-state index contributed by atoms with van der Waals surface area (Å²) in [5.74, 6) is 1.94. The fourth-order valence-corrected chi connectivity index (χ4v) is 4.86. The Morgan fingerprint density at radius 2 is 1.73 bits per heavy atom. The van der Waals surface area contributed by atoms with E-state index in [1.807, 2.05) is 11.8 Å². The molecular weight excluding hydrogens is 324 g/mol. The third-order valence-corrected chi connectivity index (χ3v) is 7.90. The van der Waals surface area contributed by atoms with E-state index in [0.29, 0.717) is 13.2 Å². The molecule has 0 amide bonds. The first-order valence-corrected chi connectivity index (χ1v) is 10.8. The predicted octanol–water partition coefficient (Wildman–Crippen LogP) is 2.36. The monoisotopic (exact) mass is 354 g/mol. The molecule has 0 atom stereocenters. The highest BCUT2D eigenvalue weighted by atomic mass is 32.2. The number of ether oxygens (including phenoxy) is 1. The topological polar surface area (TPSA) is 55.4 Å². The average molecular weight is 355 g/mol. The molecule has 0 aromatic rings. The normalized spacial score (nSPS) is 17.5. The van der Waals surface area contributed by atoms with E-state index in [1.165, 1.54) is 0 Å². The van der Waals surface area contributed by atoms with Crippen molar-refractivity contribution in [3.63, 3.8) is 0 Å². The molecule has 0 aliphatic carbocycles. The second-order valence-corrected chi connectivity index (χ2v) is 9.76. The smallest absolute Gasteiger partial charge is 0.380 e. The summed E-state index contributed by atoms with van der Waals surface area (Å²) < 4.78 is 21.4. The van der Waals surface area contributed by atoms with Gasteiger partial charge in [0.25, 0.3) is 0 Å². The van der Waals surface area contributed by atoms with Crippen LogP contribution in [0.5, 0.6) is 0 Å². The summed E-state index contributed by atoms with van der Waals surface area (Å²) in [5.41, 5.74) is 0.182. The lowest BCUT2D eigenvalue weighted by Crippen LogP contribution is -2.45. The van der Waals surface area contributed by atoms with Crippen LogP contribution in [0.2, 0.25) is 6.04 Å². The van der Waals surface area contributed by atoms with Gasteiger partial charge in [0.05, 0.1) is 26.4 Å². The minimum atomic E-state index is -2.40. The number of thioether (sulfide) groups is 1. The molecular formula is C14H30O6SSi. The van der Waals surface area contributed by atoms with Crippen LogP contribution >= 0.6 is 11.8 Å². The zero-order valence-corrected chi connectivity index (χ0v) is 16.0. The quantitative estimate of drug-likeness (QED) is 0.205. The number of hydrogen-bond donors (Lipinski definition) is 0. The SMILES string of the molecule is CCC1(COOCCSCCC[Si](OC)(OC)OC)COC1. The minimum absolute atomic E-state index is 0.182. The summed E-state index contributed by atoms with van der Waals surface area (Å²) in [4.78, 5) is 10.5. The van der Waals surface area contributed by atoms with Crippen molar-refractivity contribution in [3.8, 4) is 0 Å². The molecule has 1 aliphatic heterocycles. The summed E-state index contributed by atoms with van der Waals surface area (Å²) >= 11 is 1.83. The third-order valence-electron chi connectivity index (χ3n) is 4.03. The van der Waals surface area contributed by atoms with Crippen LogP contribution in [0.15, 0.2) is 0 Å². The van der Waals surface area contributed by atoms with Gasteiger partial charge in [-0.15, -0.1) is 0 Å². The summed E-state index contributed by atoms with van der Waals surface area (Å²) in [5, 5.41) is 0. The second-order valence-electron chi connectivity index (χ2n) is 5.44. The summed E-state index contributed by atoms with van der Waals surface area (Å²) in [6.45, 7) is 4.95. The van der Waals surface area contributed by atoms with Crippen LogP contribution in [0.3, 0.4) is 0 Å². The lowest BCUT2D eigenvalue weighted by atomic mass is 9.84. The Labute approximate surface area is 139 Å². The van der Waals surface area contributed by atoms with Crippen molar-refractivity contribution >= 4 is 20.6 Å². The standard InChI is InChI=1S/C14H30O6SSi/c1-5-14(11-18-12-14)13-20-19-7-9-21-8-6-10-22(15-2,16-3)17-4/h5-13H2,1-4H3. The van der Waals surface area contributed by atoms with Crippen molar-refractivity contribution in [2.45, 2.75) is 25.8 Å². The fraction of sp³-hybridized carbons (Fsp3) is 1.00. The first-order valence-electron chi connectivity index (χ1n) is 7.71. The Bertz CT molecular complexity index is 273. The molecule has 0 saturated carbocycles. The van der Waals surface area contributed by atoms with E-state index in [-0.39, 0.29) is 5.41 Å². The minimum Gasteiger partial charge on any atom is -0.380 e. The van der Waals surface area contributed by atoms with Gasteiger partial charge in [-0.05, 0) is 18.6 Å². The molecule has 0 aromatic heterocycles. The molecule has 1 heterocycles. The number of rotatable bonds is 14. The van der Waals surface area contributed by atoms with Gasteiger partial charge in [-0.25, -0.2) is 9.78 Å². The van der Waals surface area contributed by atoms with E-state index in [2.05, 4.69) is 6.92 Å². The zero-order valence-electron chi connectivity index (χ0n) is 14.2. The van der Waals surface area contributed by atoms with Gasteiger partial charge >= 0.3 is 8.80 Å². The van der Waals surface area contributed by atoms with E-state index in [9.17, 15) is 0 Å². The zero-order chi connectivity index (χ0) is 16.3. The van der Waals surface area contributed by atoms with Crippen LogP contribution in [0, 0.1) is 5.41 Å². The van der Waals surface area contributed by atoms with Gasteiger partial charge in [-0.2, -0.15) is 11.8 Å². The van der Waals surface area contributed by atoms with E-state index < -0.39 is 8.80 Å². The lowest BCUT2D eigenvalue weighted by molar-refractivity contribution is -0.324. The van der Waals surface area contributed by atoms with Gasteiger partial charge in [0.1, 0.15) is 0 Å². The van der Waals surface area contributed by atoms with Gasteiger partial charge in [-0.3, -0.25) is 0 Å². The molecule has 132 valence electrons. The van der Waals surface area contributed by atoms with Crippen molar-refractivity contribution < 1.29 is 27.8 Å². The molecule has 1 rings (SSSR count). The molecule has 1 aliphatic rings. The van der Waals surface area contributed by atoms with E-state index >= 15 is 0 Å². The molecule has 0 bridgehead atoms. The third kappa shape index (κ3) is 6.44. The molecule has 8 heteroatoms. The number of hydrogen-bond acceptors (Lipinski definition) is 7. The maximum absolute atomic E-state index is 5.38. The van der Waals surface area contributed by atoms with E-state index in [1.54, 1.807) is 21.3 Å². The Hall–Kier alpha value is 0.327. The Kier molecular flexibility index (Phi) is 10.2. The largest absolute Gasteiger partial charge is 0.500 e. The van der Waals surface area contributed by atoms with Gasteiger partial charge in [0, 0.05) is 38.5 Å². The van der Waals surface area contributed by atoms with Crippen molar-refractivity contribution in [1.29, 1.82) is 0 Å². The van der Waals surface area contributed by atoms with Crippen LogP contribution in [-0.4, -0.2) is 68.1 Å². The lowest BCUT2D eigenvalue weighted by Gasteiger charge is -2.39. The highest BCUT2D eigenvalue weighted by Gasteiger charge is 2.38. The molecule has 0 radical (unpaired) electrons. The van der Waals surface area contributed by atoms with Gasteiger partial charge in [-0.1, -0.05) is 6.92 Å². The van der Waals surface area contributed by atoms with Crippen molar-refractivity contribution in [3.05, 3.63) is 0 Å². The highest BCUT2D eigenvalue weighted by molar-refractivity contribution is 7.99. The highest BCUT2D eigenvalue weighted by Crippen LogP contribution is 2.31. The molecule has 0 aromatic carbocycles. The van der Waals surface area contributed by atoms with E-state index in [0.717, 1.165) is 43.6 Å². The van der Waals surface area contributed by atoms with Crippen LogP contribution in [0.25, 0.3) is 0 Å². The Balaban J connectivity index is 1.93. The first-order chi connectivity index (χ1) is 10.7. The van der Waals surface area contributed by atoms with E-state index in [4.69, 9.17) is 27.8 Å². The van der Waals surface area contributed by atoms with Crippen LogP contribution < -0.4 is 0 Å². The first kappa shape index (κ1) is 20.4. The van der Waals surface area contributed by atoms with Crippen molar-refractivity contribution in [2.24, 2.45) is 5.41 Å². The summed E-state index contributed by atoms with van der Waals surface area (Å²) in [6.07, 6.45) is 2.07. The maximum atomic E-state index is 5.38. The van der Waals surface area contributed by atoms with Crippen molar-refractivity contribution in [2.75, 3.05) is 59.3 Å². The van der Waals surface area contributed by atoms with Gasteiger partial charge in [0.15, 0.2) is 0 Å². The Morgan fingerprint density at radius 1 is 1.05 bits per heavy atom. The molecule has 1 saturated heterocycles. The van der Waals surface area contributed by atoms with Crippen LogP contribution in [-0.2, 0) is 27.8 Å². The average Bonchev–Trinajstić information content (AvgIpc) is 2.52. The molecule has 6 nitrogen and oxygen atoms in total. The van der Waals surface area contributed by atoms with Gasteiger partial charge in [0.2, 0.25) is 0 Å². The molecule has 0 unspecified atom stereocenters. The second kappa shape index (κ2) is 11.0. The summed E-state index contributed by atoms with van der Waals surface area (Å²) in [6, 6.07) is 0.833. The van der Waals surface area contributed by atoms with Gasteiger partial charge < -0.3 is 18.0 Å². The Morgan fingerprint density at radius 3 is 2.23 bits per heavy atom. The molecule has 22 heavy (non-hydrogen) atoms. The summed E-state index contributed by atoms with van der Waals surface area (Å²) in [7, 11) is 2.54. The predicted molar refractivity (Wildman–Crippen MR) is 89.0 cm³/mol. The molecule has 1 fully saturated rings.